The quantitative estimate of drug-likeness (QED) is 0.559. The molecule has 14 heteroatoms. The second-order valence-electron chi connectivity index (χ2n) is 8.73. The maximum absolute atomic E-state index is 12.8. The Kier molecular flexibility index (Phi) is 10.2. The van der Waals surface area contributed by atoms with Crippen molar-refractivity contribution in [1.82, 2.24) is 14.8 Å². The normalized spacial score (nSPS) is 19.1. The van der Waals surface area contributed by atoms with Gasteiger partial charge in [-0.05, 0) is 30.2 Å². The van der Waals surface area contributed by atoms with Gasteiger partial charge in [-0.25, -0.2) is 9.59 Å². The van der Waals surface area contributed by atoms with E-state index in [-0.39, 0.29) is 5.92 Å². The van der Waals surface area contributed by atoms with Crippen LogP contribution in [-0.2, 0) is 27.5 Å². The number of aliphatic carboxylic acids is 2. The third-order valence-electron chi connectivity index (χ3n) is 5.70. The van der Waals surface area contributed by atoms with Gasteiger partial charge in [0.15, 0.2) is 0 Å². The Labute approximate surface area is 213 Å². The molecule has 3 heterocycles. The van der Waals surface area contributed by atoms with Crippen molar-refractivity contribution in [2.45, 2.75) is 32.4 Å². The number of carboxylic acids is 2. The van der Waals surface area contributed by atoms with Crippen molar-refractivity contribution in [3.63, 3.8) is 0 Å². The first kappa shape index (κ1) is 30.5. The molecule has 0 radical (unpaired) electrons. The molecule has 8 nitrogen and oxygen atoms in total. The number of hydrogen-bond acceptors (Lipinski definition) is 5. The van der Waals surface area contributed by atoms with Gasteiger partial charge in [-0.15, -0.1) is 0 Å². The van der Waals surface area contributed by atoms with Gasteiger partial charge in [0.05, 0.1) is 5.92 Å². The van der Waals surface area contributed by atoms with Crippen molar-refractivity contribution in [2.75, 3.05) is 19.6 Å². The number of carbonyl (C=O) groups is 3. The predicted molar refractivity (Wildman–Crippen MR) is 120 cm³/mol. The van der Waals surface area contributed by atoms with E-state index in [1.807, 2.05) is 17.3 Å². The standard InChI is InChI=1S/C20H23N3O.2C2HF3O2/c1-15-3-2-4-17(9-15)11-23-13-18-12-22(14-19(18)20(23)24)10-16-5-7-21-8-6-16;2*3-2(4,5)1(6)7/h2-9,18-19H,10-14H2,1H3;2*(H,6,7)/t18-,19-;;/m0../s1. The number of aryl methyl sites for hydroxylation is 1. The van der Waals surface area contributed by atoms with Crippen molar-refractivity contribution in [3.05, 3.63) is 65.5 Å². The lowest BCUT2D eigenvalue weighted by Gasteiger charge is -2.22. The van der Waals surface area contributed by atoms with E-state index in [0.29, 0.717) is 11.8 Å². The van der Waals surface area contributed by atoms with Crippen LogP contribution in [0.2, 0.25) is 0 Å². The summed E-state index contributed by atoms with van der Waals surface area (Å²) in [6, 6.07) is 12.6. The van der Waals surface area contributed by atoms with E-state index in [1.54, 1.807) is 0 Å². The molecular weight excluding hydrogens is 524 g/mol. The van der Waals surface area contributed by atoms with Crippen LogP contribution < -0.4 is 0 Å². The summed E-state index contributed by atoms with van der Waals surface area (Å²) in [6.45, 7) is 6.56. The summed E-state index contributed by atoms with van der Waals surface area (Å²) in [5, 5.41) is 14.2. The number of rotatable bonds is 4. The topological polar surface area (TPSA) is 111 Å². The SMILES string of the molecule is Cc1cccc(CN2C[C@@H]3CN(Cc4ccncc4)C[C@@H]3C2=O)c1.O=C(O)C(F)(F)F.O=C(O)C(F)(F)F. The number of aromatic nitrogens is 1. The van der Waals surface area contributed by atoms with E-state index in [1.165, 1.54) is 16.7 Å². The Bertz CT molecular complexity index is 1090. The number of carboxylic acid groups (broad SMARTS) is 2. The third-order valence-corrected chi connectivity index (χ3v) is 5.70. The minimum Gasteiger partial charge on any atom is -0.475 e. The van der Waals surface area contributed by atoms with Crippen molar-refractivity contribution in [3.8, 4) is 0 Å². The molecule has 2 N–H and O–H groups in total. The highest BCUT2D eigenvalue weighted by atomic mass is 19.4. The average molecular weight is 549 g/mol. The summed E-state index contributed by atoms with van der Waals surface area (Å²) in [6.07, 6.45) is -6.50. The molecule has 1 aromatic heterocycles. The lowest BCUT2D eigenvalue weighted by atomic mass is 10.0. The second-order valence-corrected chi connectivity index (χ2v) is 8.73. The first-order valence-electron chi connectivity index (χ1n) is 11.1. The molecule has 208 valence electrons. The number of likely N-dealkylation sites (tertiary alicyclic amines) is 2. The number of hydrogen-bond donors (Lipinski definition) is 2. The Morgan fingerprint density at radius 3 is 1.92 bits per heavy atom. The van der Waals surface area contributed by atoms with Crippen molar-refractivity contribution >= 4 is 17.8 Å². The molecule has 1 aromatic carbocycles. The fourth-order valence-corrected chi connectivity index (χ4v) is 4.08. The molecule has 2 fully saturated rings. The minimum absolute atomic E-state index is 0.177. The summed E-state index contributed by atoms with van der Waals surface area (Å²) in [5.74, 6) is -4.53. The van der Waals surface area contributed by atoms with Crippen LogP contribution in [0, 0.1) is 18.8 Å². The molecule has 0 spiro atoms. The fourth-order valence-electron chi connectivity index (χ4n) is 4.08. The summed E-state index contributed by atoms with van der Waals surface area (Å²) in [4.78, 5) is 39.1. The van der Waals surface area contributed by atoms with E-state index < -0.39 is 24.3 Å². The molecule has 2 atom stereocenters. The molecule has 38 heavy (non-hydrogen) atoms. The largest absolute Gasteiger partial charge is 0.490 e. The third kappa shape index (κ3) is 9.32. The van der Waals surface area contributed by atoms with E-state index in [9.17, 15) is 31.1 Å². The van der Waals surface area contributed by atoms with Crippen LogP contribution in [0.25, 0.3) is 0 Å². The zero-order chi connectivity index (χ0) is 28.7. The fraction of sp³-hybridized carbons (Fsp3) is 0.417. The van der Waals surface area contributed by atoms with Gasteiger partial charge in [-0.2, -0.15) is 26.3 Å². The van der Waals surface area contributed by atoms with Crippen molar-refractivity contribution in [1.29, 1.82) is 0 Å². The van der Waals surface area contributed by atoms with Crippen LogP contribution in [0.1, 0.15) is 16.7 Å². The number of halogens is 6. The molecule has 0 saturated carbocycles. The van der Waals surface area contributed by atoms with Gasteiger partial charge in [0, 0.05) is 51.0 Å². The van der Waals surface area contributed by atoms with Gasteiger partial charge in [0.1, 0.15) is 0 Å². The smallest absolute Gasteiger partial charge is 0.475 e. The minimum atomic E-state index is -5.08. The summed E-state index contributed by atoms with van der Waals surface area (Å²) in [5.41, 5.74) is 3.76. The number of amides is 1. The Morgan fingerprint density at radius 2 is 1.45 bits per heavy atom. The van der Waals surface area contributed by atoms with Crippen LogP contribution in [0.3, 0.4) is 0 Å². The van der Waals surface area contributed by atoms with Gasteiger partial charge in [0.2, 0.25) is 5.91 Å². The van der Waals surface area contributed by atoms with Crippen molar-refractivity contribution in [2.24, 2.45) is 11.8 Å². The van der Waals surface area contributed by atoms with E-state index in [0.717, 1.165) is 32.7 Å². The van der Waals surface area contributed by atoms with Crippen molar-refractivity contribution < 1.29 is 50.9 Å². The summed E-state index contributed by atoms with van der Waals surface area (Å²) < 4.78 is 63.5. The van der Waals surface area contributed by atoms with Gasteiger partial charge in [0.25, 0.3) is 0 Å². The Hall–Kier alpha value is -3.68. The molecular formula is C24H25F6N3O5. The lowest BCUT2D eigenvalue weighted by molar-refractivity contribution is -0.193. The summed E-state index contributed by atoms with van der Waals surface area (Å²) in [7, 11) is 0. The average Bonchev–Trinajstić information content (AvgIpc) is 3.32. The first-order valence-corrected chi connectivity index (χ1v) is 11.1. The van der Waals surface area contributed by atoms with Crippen LogP contribution >= 0.6 is 0 Å². The Balaban J connectivity index is 0.000000301. The predicted octanol–water partition coefficient (Wildman–Crippen LogP) is 3.75. The van der Waals surface area contributed by atoms with Gasteiger partial charge in [-0.3, -0.25) is 14.7 Å². The monoisotopic (exact) mass is 549 g/mol. The molecule has 2 saturated heterocycles. The zero-order valence-electron chi connectivity index (χ0n) is 20.0. The van der Waals surface area contributed by atoms with E-state index >= 15 is 0 Å². The number of benzene rings is 1. The molecule has 2 aromatic rings. The van der Waals surface area contributed by atoms with Crippen LogP contribution in [-0.4, -0.2) is 74.8 Å². The number of pyridine rings is 1. The first-order chi connectivity index (χ1) is 17.6. The highest BCUT2D eigenvalue weighted by Gasteiger charge is 2.45. The lowest BCUT2D eigenvalue weighted by Crippen LogP contribution is -2.32. The molecule has 1 amide bonds. The molecule has 0 bridgehead atoms. The molecule has 4 rings (SSSR count). The van der Waals surface area contributed by atoms with E-state index in [2.05, 4.69) is 53.2 Å². The number of nitrogens with zero attached hydrogens (tertiary/aromatic N) is 3. The van der Waals surface area contributed by atoms with Gasteiger partial charge >= 0.3 is 24.3 Å². The molecule has 0 aliphatic carbocycles. The van der Waals surface area contributed by atoms with Crippen LogP contribution in [0.5, 0.6) is 0 Å². The number of alkyl halides is 6. The maximum atomic E-state index is 12.8. The zero-order valence-corrected chi connectivity index (χ0v) is 20.0. The highest BCUT2D eigenvalue weighted by molar-refractivity contribution is 5.82. The highest BCUT2D eigenvalue weighted by Crippen LogP contribution is 2.33. The summed E-state index contributed by atoms with van der Waals surface area (Å²) >= 11 is 0. The molecule has 2 aliphatic heterocycles. The second kappa shape index (κ2) is 12.7. The Morgan fingerprint density at radius 1 is 0.895 bits per heavy atom. The molecule has 2 aliphatic rings. The number of fused-ring (bicyclic) bond motifs is 1. The molecule has 0 unspecified atom stereocenters. The van der Waals surface area contributed by atoms with Gasteiger partial charge < -0.3 is 15.1 Å². The maximum Gasteiger partial charge on any atom is 0.490 e. The van der Waals surface area contributed by atoms with E-state index in [4.69, 9.17) is 19.8 Å². The van der Waals surface area contributed by atoms with Crippen LogP contribution in [0.4, 0.5) is 26.3 Å². The number of carbonyl (C=O) groups excluding carboxylic acids is 1. The van der Waals surface area contributed by atoms with Crippen LogP contribution in [0.15, 0.2) is 48.8 Å². The van der Waals surface area contributed by atoms with Gasteiger partial charge in [-0.1, -0.05) is 29.8 Å².